The monoisotopic (exact) mass is 461 g/mol. The minimum absolute atomic E-state index is 0.0160. The van der Waals surface area contributed by atoms with Gasteiger partial charge in [-0.15, -0.1) is 0 Å². The second kappa shape index (κ2) is 10.5. The summed E-state index contributed by atoms with van der Waals surface area (Å²) in [5.41, 5.74) is 4.38. The molecule has 2 heterocycles. The number of nitrogens with zero attached hydrogens (tertiary/aromatic N) is 2. The number of likely N-dealkylation sites (tertiary alicyclic amines) is 1. The van der Waals surface area contributed by atoms with Gasteiger partial charge in [0.15, 0.2) is 0 Å². The Balaban J connectivity index is 1.51. The predicted octanol–water partition coefficient (Wildman–Crippen LogP) is 4.96. The molecule has 0 unspecified atom stereocenters. The zero-order chi connectivity index (χ0) is 24.1. The molecule has 0 aliphatic carbocycles. The molecule has 1 N–H and O–H groups in total. The van der Waals surface area contributed by atoms with E-state index in [9.17, 15) is 9.59 Å². The van der Waals surface area contributed by atoms with Crippen molar-refractivity contribution in [1.82, 2.24) is 15.2 Å². The molecule has 0 bridgehead atoms. The first-order valence-corrected chi connectivity index (χ1v) is 11.9. The van der Waals surface area contributed by atoms with Crippen LogP contribution in [0.1, 0.15) is 42.6 Å². The van der Waals surface area contributed by atoms with Crippen LogP contribution >= 0.6 is 0 Å². The lowest BCUT2D eigenvalue weighted by atomic mass is 10.0. The summed E-state index contributed by atoms with van der Waals surface area (Å²) in [6, 6.07) is 15.7. The van der Waals surface area contributed by atoms with Gasteiger partial charge in [0.2, 0.25) is 0 Å². The van der Waals surface area contributed by atoms with Crippen LogP contribution in [-0.2, 0) is 4.74 Å². The highest BCUT2D eigenvalue weighted by Crippen LogP contribution is 2.31. The minimum Gasteiger partial charge on any atom is -0.493 e. The predicted molar refractivity (Wildman–Crippen MR) is 132 cm³/mol. The van der Waals surface area contributed by atoms with Crippen LogP contribution in [0.3, 0.4) is 0 Å². The van der Waals surface area contributed by atoms with Crippen molar-refractivity contribution in [2.24, 2.45) is 0 Å². The van der Waals surface area contributed by atoms with E-state index in [0.717, 1.165) is 22.2 Å². The van der Waals surface area contributed by atoms with Gasteiger partial charge < -0.3 is 19.7 Å². The number of hydrogen-bond donors (Lipinski definition) is 1. The first kappa shape index (κ1) is 23.5. The molecule has 0 atom stereocenters. The van der Waals surface area contributed by atoms with E-state index in [1.807, 2.05) is 37.3 Å². The van der Waals surface area contributed by atoms with Gasteiger partial charge in [0.25, 0.3) is 5.91 Å². The summed E-state index contributed by atoms with van der Waals surface area (Å²) in [6.07, 6.45) is 1.11. The Kier molecular flexibility index (Phi) is 7.30. The first-order valence-electron chi connectivity index (χ1n) is 11.9. The third kappa shape index (κ3) is 5.30. The van der Waals surface area contributed by atoms with Gasteiger partial charge in [-0.1, -0.05) is 29.8 Å². The minimum atomic E-state index is -0.289. The van der Waals surface area contributed by atoms with E-state index < -0.39 is 0 Å². The summed E-state index contributed by atoms with van der Waals surface area (Å²) in [5, 5.41) is 3.91. The van der Waals surface area contributed by atoms with Crippen molar-refractivity contribution in [2.75, 3.05) is 26.3 Å². The molecule has 7 heteroatoms. The second-order valence-electron chi connectivity index (χ2n) is 8.47. The molecule has 7 nitrogen and oxygen atoms in total. The van der Waals surface area contributed by atoms with Crippen LogP contribution in [0.5, 0.6) is 5.75 Å². The van der Waals surface area contributed by atoms with Crippen LogP contribution in [0.2, 0.25) is 0 Å². The summed E-state index contributed by atoms with van der Waals surface area (Å²) < 4.78 is 11.0. The number of nitrogens with one attached hydrogen (secondary N) is 1. The molecule has 1 aliphatic rings. The molecule has 2 amide bonds. The lowest BCUT2D eigenvalue weighted by molar-refractivity contribution is 0.0860. The smallest absolute Gasteiger partial charge is 0.409 e. The zero-order valence-corrected chi connectivity index (χ0v) is 20.0. The van der Waals surface area contributed by atoms with Gasteiger partial charge in [-0.05, 0) is 51.8 Å². The van der Waals surface area contributed by atoms with Crippen molar-refractivity contribution in [3.05, 3.63) is 59.7 Å². The lowest BCUT2D eigenvalue weighted by Gasteiger charge is -2.31. The van der Waals surface area contributed by atoms with Crippen LogP contribution in [-0.4, -0.2) is 54.2 Å². The number of pyridine rings is 1. The third-order valence-corrected chi connectivity index (χ3v) is 6.04. The van der Waals surface area contributed by atoms with E-state index in [4.69, 9.17) is 14.5 Å². The molecule has 1 aliphatic heterocycles. The molecule has 0 spiro atoms. The van der Waals surface area contributed by atoms with Crippen molar-refractivity contribution in [2.45, 2.75) is 39.7 Å². The number of carbonyl (C=O) groups is 2. The number of benzene rings is 2. The molecule has 34 heavy (non-hydrogen) atoms. The van der Waals surface area contributed by atoms with Gasteiger partial charge in [-0.2, -0.15) is 0 Å². The third-order valence-electron chi connectivity index (χ3n) is 6.04. The number of ether oxygens (including phenoxy) is 2. The van der Waals surface area contributed by atoms with Crippen LogP contribution in [0.15, 0.2) is 48.5 Å². The molecule has 1 fully saturated rings. The lowest BCUT2D eigenvalue weighted by Crippen LogP contribution is -2.46. The van der Waals surface area contributed by atoms with Gasteiger partial charge in [0.05, 0.1) is 24.4 Å². The van der Waals surface area contributed by atoms with Crippen molar-refractivity contribution in [3.8, 4) is 17.0 Å². The fourth-order valence-corrected chi connectivity index (χ4v) is 4.17. The Labute approximate surface area is 200 Å². The SMILES string of the molecule is CCOC(=O)N1CCC(NC(=O)c2ccc3nc(-c4ccc(C)cc4)cc(OCC)c3c2)CC1. The molecule has 4 rings (SSSR count). The van der Waals surface area contributed by atoms with E-state index in [1.165, 1.54) is 5.56 Å². The Hall–Kier alpha value is -3.61. The zero-order valence-electron chi connectivity index (χ0n) is 20.0. The molecule has 178 valence electrons. The van der Waals surface area contributed by atoms with Crippen molar-refractivity contribution < 1.29 is 19.1 Å². The Morgan fingerprint density at radius 3 is 2.44 bits per heavy atom. The van der Waals surface area contributed by atoms with Crippen molar-refractivity contribution in [1.29, 1.82) is 0 Å². The van der Waals surface area contributed by atoms with Gasteiger partial charge in [0, 0.05) is 41.7 Å². The second-order valence-corrected chi connectivity index (χ2v) is 8.47. The number of rotatable bonds is 6. The number of hydrogen-bond acceptors (Lipinski definition) is 5. The first-order chi connectivity index (χ1) is 16.5. The quantitative estimate of drug-likeness (QED) is 0.561. The summed E-state index contributed by atoms with van der Waals surface area (Å²) >= 11 is 0. The number of aryl methyl sites for hydroxylation is 1. The van der Waals surface area contributed by atoms with Gasteiger partial charge in [-0.3, -0.25) is 4.79 Å². The van der Waals surface area contributed by atoms with E-state index in [2.05, 4.69) is 24.4 Å². The fraction of sp³-hybridized carbons (Fsp3) is 0.370. The summed E-state index contributed by atoms with van der Waals surface area (Å²) in [4.78, 5) is 31.4. The Morgan fingerprint density at radius 2 is 1.76 bits per heavy atom. The van der Waals surface area contributed by atoms with Crippen molar-refractivity contribution >= 4 is 22.9 Å². The fourth-order valence-electron chi connectivity index (χ4n) is 4.17. The topological polar surface area (TPSA) is 80.8 Å². The molecule has 1 aromatic heterocycles. The maximum atomic E-state index is 13.0. The van der Waals surface area contributed by atoms with Gasteiger partial charge >= 0.3 is 6.09 Å². The van der Waals surface area contributed by atoms with E-state index in [1.54, 1.807) is 17.9 Å². The maximum absolute atomic E-state index is 13.0. The van der Waals surface area contributed by atoms with Crippen molar-refractivity contribution in [3.63, 3.8) is 0 Å². The van der Waals surface area contributed by atoms with Gasteiger partial charge in [0.1, 0.15) is 5.75 Å². The number of carbonyl (C=O) groups excluding carboxylic acids is 2. The summed E-state index contributed by atoms with van der Waals surface area (Å²) in [7, 11) is 0. The van der Waals surface area contributed by atoms with E-state index in [0.29, 0.717) is 50.5 Å². The van der Waals surface area contributed by atoms with Gasteiger partial charge in [-0.25, -0.2) is 9.78 Å². The normalized spacial score (nSPS) is 14.1. The molecule has 2 aromatic carbocycles. The molecule has 0 radical (unpaired) electrons. The average Bonchev–Trinajstić information content (AvgIpc) is 2.85. The number of fused-ring (bicyclic) bond motifs is 1. The van der Waals surface area contributed by atoms with E-state index >= 15 is 0 Å². The van der Waals surface area contributed by atoms with Crippen LogP contribution < -0.4 is 10.1 Å². The molecular weight excluding hydrogens is 430 g/mol. The summed E-state index contributed by atoms with van der Waals surface area (Å²) in [6.45, 7) is 7.81. The largest absolute Gasteiger partial charge is 0.493 e. The maximum Gasteiger partial charge on any atom is 0.409 e. The highest BCUT2D eigenvalue weighted by Gasteiger charge is 2.25. The Morgan fingerprint density at radius 1 is 1.03 bits per heavy atom. The van der Waals surface area contributed by atoms with Crippen LogP contribution in [0.25, 0.3) is 22.2 Å². The Bertz CT molecular complexity index is 1170. The molecule has 0 saturated carbocycles. The van der Waals surface area contributed by atoms with E-state index in [-0.39, 0.29) is 18.0 Å². The highest BCUT2D eigenvalue weighted by molar-refractivity contribution is 6.00. The molecule has 1 saturated heterocycles. The molecule has 3 aromatic rings. The average molecular weight is 462 g/mol. The molecular formula is C27H31N3O4. The number of aromatic nitrogens is 1. The highest BCUT2D eigenvalue weighted by atomic mass is 16.6. The van der Waals surface area contributed by atoms with Crippen LogP contribution in [0, 0.1) is 6.92 Å². The van der Waals surface area contributed by atoms with Crippen LogP contribution in [0.4, 0.5) is 4.79 Å². The number of piperidine rings is 1. The summed E-state index contributed by atoms with van der Waals surface area (Å²) in [5.74, 6) is 0.571. The number of amides is 2. The standard InChI is InChI=1S/C27H31N3O4/c1-4-33-25-17-24(19-8-6-18(3)7-9-19)29-23-11-10-20(16-22(23)25)26(31)28-21-12-14-30(15-13-21)27(32)34-5-2/h6-11,16-17,21H,4-5,12-15H2,1-3H3,(H,28,31).